The third-order valence-corrected chi connectivity index (χ3v) is 2.97. The molecule has 0 saturated heterocycles. The van der Waals surface area contributed by atoms with E-state index in [0.29, 0.717) is 5.75 Å². The van der Waals surface area contributed by atoms with Crippen molar-refractivity contribution in [2.75, 3.05) is 0 Å². The van der Waals surface area contributed by atoms with Gasteiger partial charge in [0.1, 0.15) is 5.75 Å². The molecule has 0 radical (unpaired) electrons. The number of aromatic nitrogens is 1. The van der Waals surface area contributed by atoms with E-state index in [1.807, 2.05) is 0 Å². The summed E-state index contributed by atoms with van der Waals surface area (Å²) in [4.78, 5) is 3.57. The minimum Gasteiger partial charge on any atom is -0.489 e. The third kappa shape index (κ3) is 2.91. The van der Waals surface area contributed by atoms with Crippen molar-refractivity contribution in [3.63, 3.8) is 0 Å². The maximum atomic E-state index is 12.5. The highest BCUT2D eigenvalue weighted by atomic mass is 19.1. The topological polar surface area (TPSA) is 22.1 Å². The van der Waals surface area contributed by atoms with Gasteiger partial charge >= 0.3 is 0 Å². The van der Waals surface area contributed by atoms with Crippen LogP contribution >= 0.6 is 0 Å². The first-order valence-electron chi connectivity index (χ1n) is 5.52. The second-order valence-corrected chi connectivity index (χ2v) is 4.32. The number of hydrogen-bond acceptors (Lipinski definition) is 2. The molecule has 0 aromatic carbocycles. The Hall–Kier alpha value is -1.12. The Morgan fingerprint density at radius 1 is 1.27 bits per heavy atom. The maximum absolute atomic E-state index is 12.5. The van der Waals surface area contributed by atoms with Crippen LogP contribution in [0.1, 0.15) is 32.6 Å². The monoisotopic (exact) mass is 209 g/mol. The first-order valence-corrected chi connectivity index (χ1v) is 5.52. The molecule has 0 aliphatic heterocycles. The standard InChI is InChI=1S/C12H16FNO/c1-9-2-4-10(5-3-9)15-11-6-7-12(13)14-8-11/h6-10H,2-5H2,1H3. The van der Waals surface area contributed by atoms with E-state index in [1.165, 1.54) is 25.1 Å². The van der Waals surface area contributed by atoms with E-state index in [9.17, 15) is 4.39 Å². The molecule has 1 heterocycles. The van der Waals surface area contributed by atoms with E-state index in [2.05, 4.69) is 11.9 Å². The van der Waals surface area contributed by atoms with Crippen molar-refractivity contribution in [1.82, 2.24) is 4.98 Å². The normalized spacial score (nSPS) is 26.3. The lowest BCUT2D eigenvalue weighted by Crippen LogP contribution is -2.23. The van der Waals surface area contributed by atoms with Gasteiger partial charge in [-0.05, 0) is 43.7 Å². The fraction of sp³-hybridized carbons (Fsp3) is 0.583. The third-order valence-electron chi connectivity index (χ3n) is 2.97. The van der Waals surface area contributed by atoms with Gasteiger partial charge in [-0.2, -0.15) is 4.39 Å². The molecule has 2 nitrogen and oxygen atoms in total. The minimum absolute atomic E-state index is 0.286. The Balaban J connectivity index is 1.89. The molecule has 0 atom stereocenters. The first kappa shape index (κ1) is 10.4. The van der Waals surface area contributed by atoms with Crippen LogP contribution in [0, 0.1) is 11.9 Å². The van der Waals surface area contributed by atoms with Crippen LogP contribution in [0.4, 0.5) is 4.39 Å². The molecule has 0 N–H and O–H groups in total. The highest BCUT2D eigenvalue weighted by Gasteiger charge is 2.19. The summed E-state index contributed by atoms with van der Waals surface area (Å²) in [6.45, 7) is 2.27. The number of ether oxygens (including phenoxy) is 1. The van der Waals surface area contributed by atoms with Gasteiger partial charge in [0.25, 0.3) is 0 Å². The van der Waals surface area contributed by atoms with Crippen molar-refractivity contribution >= 4 is 0 Å². The summed E-state index contributed by atoms with van der Waals surface area (Å²) in [5.41, 5.74) is 0. The summed E-state index contributed by atoms with van der Waals surface area (Å²) >= 11 is 0. The van der Waals surface area contributed by atoms with Crippen molar-refractivity contribution in [3.8, 4) is 5.75 Å². The summed E-state index contributed by atoms with van der Waals surface area (Å²) in [5.74, 6) is 1.03. The number of nitrogens with zero attached hydrogens (tertiary/aromatic N) is 1. The van der Waals surface area contributed by atoms with Gasteiger partial charge in [0, 0.05) is 0 Å². The summed E-state index contributed by atoms with van der Waals surface area (Å²) in [7, 11) is 0. The highest BCUT2D eigenvalue weighted by Crippen LogP contribution is 2.26. The molecule has 0 amide bonds. The van der Waals surface area contributed by atoms with Crippen LogP contribution in [0.15, 0.2) is 18.3 Å². The average Bonchev–Trinajstić information content (AvgIpc) is 2.25. The van der Waals surface area contributed by atoms with Crippen LogP contribution in [-0.4, -0.2) is 11.1 Å². The molecule has 82 valence electrons. The lowest BCUT2D eigenvalue weighted by atomic mass is 9.89. The predicted octanol–water partition coefficient (Wildman–Crippen LogP) is 3.18. The molecule has 3 heteroatoms. The molecule has 1 saturated carbocycles. The van der Waals surface area contributed by atoms with E-state index in [-0.39, 0.29) is 6.10 Å². The van der Waals surface area contributed by atoms with E-state index in [1.54, 1.807) is 6.07 Å². The predicted molar refractivity (Wildman–Crippen MR) is 56.2 cm³/mol. The van der Waals surface area contributed by atoms with Crippen LogP contribution in [0.25, 0.3) is 0 Å². The van der Waals surface area contributed by atoms with Crippen LogP contribution in [0.5, 0.6) is 5.75 Å². The SMILES string of the molecule is CC1CCC(Oc2ccc(F)nc2)CC1. The summed E-state index contributed by atoms with van der Waals surface area (Å²) in [6, 6.07) is 2.97. The lowest BCUT2D eigenvalue weighted by Gasteiger charge is -2.26. The zero-order chi connectivity index (χ0) is 10.7. The van der Waals surface area contributed by atoms with Gasteiger partial charge < -0.3 is 4.74 Å². The molecular weight excluding hydrogens is 193 g/mol. The Kier molecular flexibility index (Phi) is 3.19. The Morgan fingerprint density at radius 3 is 2.60 bits per heavy atom. The zero-order valence-electron chi connectivity index (χ0n) is 8.95. The molecule has 15 heavy (non-hydrogen) atoms. The minimum atomic E-state index is -0.459. The number of hydrogen-bond donors (Lipinski definition) is 0. The number of rotatable bonds is 2. The zero-order valence-corrected chi connectivity index (χ0v) is 8.95. The van der Waals surface area contributed by atoms with Gasteiger partial charge in [0.05, 0.1) is 12.3 Å². The van der Waals surface area contributed by atoms with Gasteiger partial charge in [-0.3, -0.25) is 0 Å². The van der Waals surface area contributed by atoms with Crippen molar-refractivity contribution in [3.05, 3.63) is 24.3 Å². The summed E-state index contributed by atoms with van der Waals surface area (Å²) in [5, 5.41) is 0. The van der Waals surface area contributed by atoms with Crippen LogP contribution in [-0.2, 0) is 0 Å². The largest absolute Gasteiger partial charge is 0.489 e. The van der Waals surface area contributed by atoms with Gasteiger partial charge in [0.15, 0.2) is 0 Å². The second-order valence-electron chi connectivity index (χ2n) is 4.32. The van der Waals surface area contributed by atoms with Gasteiger partial charge in [0.2, 0.25) is 5.95 Å². The van der Waals surface area contributed by atoms with Crippen molar-refractivity contribution in [2.45, 2.75) is 38.7 Å². The van der Waals surface area contributed by atoms with Gasteiger partial charge in [-0.1, -0.05) is 6.92 Å². The van der Waals surface area contributed by atoms with Crippen LogP contribution < -0.4 is 4.74 Å². The van der Waals surface area contributed by atoms with Crippen LogP contribution in [0.2, 0.25) is 0 Å². The van der Waals surface area contributed by atoms with Crippen LogP contribution in [0.3, 0.4) is 0 Å². The lowest BCUT2D eigenvalue weighted by molar-refractivity contribution is 0.135. The number of halogens is 1. The van der Waals surface area contributed by atoms with E-state index in [4.69, 9.17) is 4.74 Å². The maximum Gasteiger partial charge on any atom is 0.213 e. The molecule has 1 aliphatic rings. The summed E-state index contributed by atoms with van der Waals surface area (Å²) < 4.78 is 18.3. The average molecular weight is 209 g/mol. The number of pyridine rings is 1. The van der Waals surface area contributed by atoms with Crippen molar-refractivity contribution in [1.29, 1.82) is 0 Å². The van der Waals surface area contributed by atoms with E-state index in [0.717, 1.165) is 18.8 Å². The Bertz CT molecular complexity index is 304. The molecule has 0 bridgehead atoms. The molecule has 1 aromatic rings. The quantitative estimate of drug-likeness (QED) is 0.698. The molecule has 2 rings (SSSR count). The smallest absolute Gasteiger partial charge is 0.213 e. The first-order chi connectivity index (χ1) is 7.24. The molecule has 1 aliphatic carbocycles. The fourth-order valence-corrected chi connectivity index (χ4v) is 1.97. The molecule has 0 unspecified atom stereocenters. The highest BCUT2D eigenvalue weighted by molar-refractivity contribution is 5.16. The van der Waals surface area contributed by atoms with Gasteiger partial charge in [-0.25, -0.2) is 4.98 Å². The second kappa shape index (κ2) is 4.60. The van der Waals surface area contributed by atoms with Crippen molar-refractivity contribution in [2.24, 2.45) is 5.92 Å². The Morgan fingerprint density at radius 2 is 2.00 bits per heavy atom. The summed E-state index contributed by atoms with van der Waals surface area (Å²) in [6.07, 6.45) is 6.37. The fourth-order valence-electron chi connectivity index (χ4n) is 1.97. The van der Waals surface area contributed by atoms with Gasteiger partial charge in [-0.15, -0.1) is 0 Å². The molecular formula is C12H16FNO. The molecule has 0 spiro atoms. The molecule has 1 fully saturated rings. The van der Waals surface area contributed by atoms with Crippen molar-refractivity contribution < 1.29 is 9.13 Å². The van der Waals surface area contributed by atoms with E-state index >= 15 is 0 Å². The Labute approximate surface area is 89.5 Å². The molecule has 1 aromatic heterocycles. The van der Waals surface area contributed by atoms with E-state index < -0.39 is 5.95 Å².